The molecule has 0 amide bonds. The zero-order valence-electron chi connectivity index (χ0n) is 13.1. The third-order valence-electron chi connectivity index (χ3n) is 3.52. The molecule has 0 aliphatic carbocycles. The van der Waals surface area contributed by atoms with Crippen molar-refractivity contribution in [3.05, 3.63) is 23.8 Å². The summed E-state index contributed by atoms with van der Waals surface area (Å²) in [5.41, 5.74) is 0.937. The molecule has 3 heteroatoms. The summed E-state index contributed by atoms with van der Waals surface area (Å²) >= 11 is 0. The molecule has 0 atom stereocenters. The lowest BCUT2D eigenvalue weighted by molar-refractivity contribution is -0.261. The first-order chi connectivity index (χ1) is 8.65. The molecule has 1 saturated heterocycles. The minimum atomic E-state index is -0.305. The van der Waals surface area contributed by atoms with Gasteiger partial charge in [0.05, 0.1) is 11.1 Å². The maximum atomic E-state index is 11.9. The lowest BCUT2D eigenvalue weighted by Crippen LogP contribution is -2.58. The molecular weight excluding hydrogens is 238 g/mol. The van der Waals surface area contributed by atoms with Crippen molar-refractivity contribution in [3.8, 4) is 0 Å². The molecule has 0 aromatic rings. The first-order valence-corrected chi connectivity index (χ1v) is 6.99. The van der Waals surface area contributed by atoms with Crippen LogP contribution in [0.1, 0.15) is 60.8 Å². The highest BCUT2D eigenvalue weighted by Gasteiger charge is 2.44. The van der Waals surface area contributed by atoms with Crippen LogP contribution in [0.25, 0.3) is 0 Å². The van der Waals surface area contributed by atoms with E-state index in [1.165, 1.54) is 12.5 Å². The Balaban J connectivity index is 2.75. The van der Waals surface area contributed by atoms with Crippen molar-refractivity contribution in [3.63, 3.8) is 0 Å². The Morgan fingerprint density at radius 1 is 1.11 bits per heavy atom. The van der Waals surface area contributed by atoms with Crippen LogP contribution >= 0.6 is 0 Å². The van der Waals surface area contributed by atoms with E-state index in [9.17, 15) is 4.79 Å². The van der Waals surface area contributed by atoms with Crippen LogP contribution in [0.15, 0.2) is 23.8 Å². The van der Waals surface area contributed by atoms with Crippen molar-refractivity contribution in [2.45, 2.75) is 71.9 Å². The summed E-state index contributed by atoms with van der Waals surface area (Å²) in [6.45, 7) is 12.5. The fourth-order valence-electron chi connectivity index (χ4n) is 2.66. The Bertz CT molecular complexity index is 372. The fourth-order valence-corrected chi connectivity index (χ4v) is 2.66. The third kappa shape index (κ3) is 4.50. The molecule has 1 heterocycles. The molecule has 1 rings (SSSR count). The quantitative estimate of drug-likeness (QED) is 0.570. The molecule has 0 unspecified atom stereocenters. The molecule has 0 bridgehead atoms. The van der Waals surface area contributed by atoms with Gasteiger partial charge < -0.3 is 4.84 Å². The second-order valence-corrected chi connectivity index (χ2v) is 6.79. The van der Waals surface area contributed by atoms with Gasteiger partial charge in [0.15, 0.2) is 0 Å². The molecule has 108 valence electrons. The first-order valence-electron chi connectivity index (χ1n) is 6.99. The van der Waals surface area contributed by atoms with Crippen LogP contribution in [0.4, 0.5) is 0 Å². The van der Waals surface area contributed by atoms with E-state index in [2.05, 4.69) is 27.7 Å². The molecule has 0 saturated carbocycles. The number of hydroxylamine groups is 2. The standard InChI is InChI=1S/C16H27NO2/c1-13(2)9-7-10-14(18)19-17-15(3,4)11-8-12-16(17,5)6/h7,9-10H,8,11-12H2,1-6H3/b10-7-. The van der Waals surface area contributed by atoms with E-state index in [1.54, 1.807) is 6.08 Å². The van der Waals surface area contributed by atoms with Crippen molar-refractivity contribution < 1.29 is 9.63 Å². The van der Waals surface area contributed by atoms with Crippen LogP contribution in [-0.4, -0.2) is 22.1 Å². The highest BCUT2D eigenvalue weighted by Crippen LogP contribution is 2.38. The van der Waals surface area contributed by atoms with E-state index >= 15 is 0 Å². The molecular formula is C16H27NO2. The van der Waals surface area contributed by atoms with Crippen LogP contribution < -0.4 is 0 Å². The van der Waals surface area contributed by atoms with Gasteiger partial charge in [-0.15, -0.1) is 5.06 Å². The summed E-state index contributed by atoms with van der Waals surface area (Å²) in [6, 6.07) is 0. The topological polar surface area (TPSA) is 29.5 Å². The second-order valence-electron chi connectivity index (χ2n) is 6.79. The Morgan fingerprint density at radius 3 is 2.11 bits per heavy atom. The van der Waals surface area contributed by atoms with Crippen molar-refractivity contribution >= 4 is 5.97 Å². The zero-order valence-corrected chi connectivity index (χ0v) is 13.1. The number of allylic oxidation sites excluding steroid dienone is 3. The van der Waals surface area contributed by atoms with Crippen molar-refractivity contribution in [2.24, 2.45) is 0 Å². The molecule has 0 spiro atoms. The van der Waals surface area contributed by atoms with Gasteiger partial charge in [0.2, 0.25) is 0 Å². The molecule has 1 aliphatic heterocycles. The van der Waals surface area contributed by atoms with Crippen molar-refractivity contribution in [1.82, 2.24) is 5.06 Å². The van der Waals surface area contributed by atoms with E-state index in [0.717, 1.165) is 18.4 Å². The highest BCUT2D eigenvalue weighted by molar-refractivity contribution is 5.82. The molecule has 0 aromatic carbocycles. The molecule has 19 heavy (non-hydrogen) atoms. The summed E-state index contributed by atoms with van der Waals surface area (Å²) in [5.74, 6) is -0.305. The van der Waals surface area contributed by atoms with Crippen molar-refractivity contribution in [2.75, 3.05) is 0 Å². The maximum Gasteiger partial charge on any atom is 0.349 e. The van der Waals surface area contributed by atoms with E-state index in [0.29, 0.717) is 0 Å². The Hall–Kier alpha value is -1.09. The minimum Gasteiger partial charge on any atom is -0.363 e. The number of hydrogen-bond acceptors (Lipinski definition) is 3. The average Bonchev–Trinajstić information content (AvgIpc) is 2.22. The van der Waals surface area contributed by atoms with Crippen LogP contribution in [0.2, 0.25) is 0 Å². The fraction of sp³-hybridized carbons (Fsp3) is 0.688. The maximum absolute atomic E-state index is 11.9. The summed E-state index contributed by atoms with van der Waals surface area (Å²) in [4.78, 5) is 17.5. The van der Waals surface area contributed by atoms with Crippen LogP contribution in [0.5, 0.6) is 0 Å². The van der Waals surface area contributed by atoms with Crippen molar-refractivity contribution in [1.29, 1.82) is 0 Å². The van der Waals surface area contributed by atoms with Crippen LogP contribution in [0.3, 0.4) is 0 Å². The Morgan fingerprint density at radius 2 is 1.63 bits per heavy atom. The molecule has 0 radical (unpaired) electrons. The summed E-state index contributed by atoms with van der Waals surface area (Å²) in [7, 11) is 0. The smallest absolute Gasteiger partial charge is 0.349 e. The van der Waals surface area contributed by atoms with Gasteiger partial charge in [0, 0.05) is 6.08 Å². The van der Waals surface area contributed by atoms with Crippen LogP contribution in [-0.2, 0) is 9.63 Å². The van der Waals surface area contributed by atoms with Gasteiger partial charge in [-0.25, -0.2) is 4.79 Å². The number of hydrogen-bond donors (Lipinski definition) is 0. The monoisotopic (exact) mass is 265 g/mol. The zero-order chi connectivity index (χ0) is 14.7. The lowest BCUT2D eigenvalue weighted by atomic mass is 9.82. The molecule has 3 nitrogen and oxygen atoms in total. The van der Waals surface area contributed by atoms with Crippen LogP contribution in [0, 0.1) is 0 Å². The van der Waals surface area contributed by atoms with Gasteiger partial charge in [0.25, 0.3) is 0 Å². The van der Waals surface area contributed by atoms with E-state index < -0.39 is 0 Å². The van der Waals surface area contributed by atoms with Gasteiger partial charge in [0.1, 0.15) is 0 Å². The van der Waals surface area contributed by atoms with Gasteiger partial charge in [-0.3, -0.25) is 0 Å². The largest absolute Gasteiger partial charge is 0.363 e. The number of nitrogens with zero attached hydrogens (tertiary/aromatic N) is 1. The summed E-state index contributed by atoms with van der Waals surface area (Å²) in [6.07, 6.45) is 8.37. The van der Waals surface area contributed by atoms with E-state index in [4.69, 9.17) is 4.84 Å². The van der Waals surface area contributed by atoms with E-state index in [-0.39, 0.29) is 17.0 Å². The normalized spacial score (nSPS) is 22.2. The molecule has 1 aliphatic rings. The minimum absolute atomic E-state index is 0.109. The van der Waals surface area contributed by atoms with Gasteiger partial charge in [-0.05, 0) is 60.8 Å². The molecule has 1 fully saturated rings. The lowest BCUT2D eigenvalue weighted by Gasteiger charge is -2.50. The number of carbonyl (C=O) groups excluding carboxylic acids is 1. The SMILES string of the molecule is CC(C)=C/C=C\C(=O)ON1C(C)(C)CCCC1(C)C. The summed E-state index contributed by atoms with van der Waals surface area (Å²) < 4.78 is 0. The predicted molar refractivity (Wildman–Crippen MR) is 78.5 cm³/mol. The number of carbonyl (C=O) groups is 1. The highest BCUT2D eigenvalue weighted by atomic mass is 16.7. The predicted octanol–water partition coefficient (Wildman–Crippen LogP) is 4.01. The summed E-state index contributed by atoms with van der Waals surface area (Å²) in [5, 5.41) is 1.87. The second kappa shape index (κ2) is 5.91. The Kier molecular flexibility index (Phi) is 4.97. The van der Waals surface area contributed by atoms with Gasteiger partial charge in [-0.2, -0.15) is 0 Å². The number of rotatable bonds is 3. The Labute approximate surface area is 117 Å². The van der Waals surface area contributed by atoms with E-state index in [1.807, 2.05) is 25.0 Å². The number of piperidine rings is 1. The van der Waals surface area contributed by atoms with Gasteiger partial charge >= 0.3 is 5.97 Å². The third-order valence-corrected chi connectivity index (χ3v) is 3.52. The first kappa shape index (κ1) is 16.0. The molecule has 0 aromatic heterocycles. The average molecular weight is 265 g/mol. The molecule has 0 N–H and O–H groups in total. The van der Waals surface area contributed by atoms with Gasteiger partial charge in [-0.1, -0.05) is 17.7 Å².